The lowest BCUT2D eigenvalue weighted by atomic mass is 9.78. The van der Waals surface area contributed by atoms with Crippen LogP contribution in [0.3, 0.4) is 0 Å². The summed E-state index contributed by atoms with van der Waals surface area (Å²) in [6.07, 6.45) is 6.09. The molecule has 0 bridgehead atoms. The highest BCUT2D eigenvalue weighted by molar-refractivity contribution is 5.36. The number of fused-ring (bicyclic) bond motifs is 1. The molecule has 0 amide bonds. The molecule has 2 atom stereocenters. The van der Waals surface area contributed by atoms with Crippen LogP contribution in [0.1, 0.15) is 41.6 Å². The summed E-state index contributed by atoms with van der Waals surface area (Å²) in [7, 11) is 1.61. The summed E-state index contributed by atoms with van der Waals surface area (Å²) in [5.74, 6) is 0.833. The second kappa shape index (κ2) is 5.63. The number of rotatable bonds is 3. The molecule has 2 unspecified atom stereocenters. The number of aliphatic hydroxyl groups is 1. The van der Waals surface area contributed by atoms with Crippen LogP contribution in [0.5, 0.6) is 5.75 Å². The number of ether oxygens (including phenoxy) is 1. The van der Waals surface area contributed by atoms with Crippen molar-refractivity contribution in [3.05, 3.63) is 59.4 Å². The number of benzene rings is 1. The normalized spacial score (nSPS) is 19.2. The fraction of sp³-hybridized carbons (Fsp3) is 0.353. The van der Waals surface area contributed by atoms with Gasteiger partial charge < -0.3 is 9.84 Å². The van der Waals surface area contributed by atoms with E-state index in [4.69, 9.17) is 4.74 Å². The molecule has 0 aliphatic heterocycles. The van der Waals surface area contributed by atoms with Crippen LogP contribution in [-0.4, -0.2) is 17.2 Å². The Morgan fingerprint density at radius 2 is 2.15 bits per heavy atom. The zero-order chi connectivity index (χ0) is 13.9. The molecule has 1 heterocycles. The van der Waals surface area contributed by atoms with Crippen molar-refractivity contribution in [2.24, 2.45) is 0 Å². The topological polar surface area (TPSA) is 42.4 Å². The molecule has 1 aliphatic rings. The highest BCUT2D eigenvalue weighted by Gasteiger charge is 2.27. The molecule has 1 N–H and O–H groups in total. The summed E-state index contributed by atoms with van der Waals surface area (Å²) in [5.41, 5.74) is 3.46. The molecule has 3 rings (SSSR count). The van der Waals surface area contributed by atoms with E-state index in [9.17, 15) is 5.11 Å². The number of pyridine rings is 1. The maximum atomic E-state index is 10.7. The molecule has 0 radical (unpaired) electrons. The smallest absolute Gasteiger partial charge is 0.137 e. The third-order valence-corrected chi connectivity index (χ3v) is 4.11. The van der Waals surface area contributed by atoms with Gasteiger partial charge in [0.1, 0.15) is 5.75 Å². The Morgan fingerprint density at radius 3 is 3.00 bits per heavy atom. The minimum absolute atomic E-state index is 0.147. The molecule has 1 aromatic carbocycles. The van der Waals surface area contributed by atoms with Gasteiger partial charge in [-0.1, -0.05) is 24.3 Å². The number of aryl methyl sites for hydroxylation is 1. The van der Waals surface area contributed by atoms with Gasteiger partial charge in [-0.3, -0.25) is 4.98 Å². The van der Waals surface area contributed by atoms with Gasteiger partial charge in [0.25, 0.3) is 0 Å². The van der Waals surface area contributed by atoms with E-state index in [1.165, 1.54) is 11.1 Å². The average Bonchev–Trinajstić information content (AvgIpc) is 2.53. The van der Waals surface area contributed by atoms with Gasteiger partial charge in [-0.2, -0.15) is 0 Å². The Bertz CT molecular complexity index is 597. The number of aliphatic hydroxyl groups excluding tert-OH is 1. The molecular weight excluding hydrogens is 250 g/mol. The van der Waals surface area contributed by atoms with Crippen LogP contribution in [0.25, 0.3) is 0 Å². The van der Waals surface area contributed by atoms with Crippen molar-refractivity contribution in [1.82, 2.24) is 4.98 Å². The summed E-state index contributed by atoms with van der Waals surface area (Å²) < 4.78 is 5.19. The average molecular weight is 269 g/mol. The molecule has 20 heavy (non-hydrogen) atoms. The second-order valence-corrected chi connectivity index (χ2v) is 5.30. The molecule has 2 aromatic rings. The molecule has 0 fully saturated rings. The Balaban J connectivity index is 1.93. The van der Waals surface area contributed by atoms with E-state index >= 15 is 0 Å². The minimum Gasteiger partial charge on any atom is -0.495 e. The molecular formula is C17H19NO2. The van der Waals surface area contributed by atoms with E-state index in [-0.39, 0.29) is 5.92 Å². The first-order chi connectivity index (χ1) is 9.79. The second-order valence-electron chi connectivity index (χ2n) is 5.30. The summed E-state index contributed by atoms with van der Waals surface area (Å²) in [6, 6.07) is 10.3. The number of nitrogens with zero attached hydrogens (tertiary/aromatic N) is 1. The van der Waals surface area contributed by atoms with E-state index in [1.807, 2.05) is 12.1 Å². The van der Waals surface area contributed by atoms with Crippen LogP contribution in [0.15, 0.2) is 42.7 Å². The van der Waals surface area contributed by atoms with Crippen molar-refractivity contribution in [3.63, 3.8) is 0 Å². The standard InChI is InChI=1S/C17H19NO2/c1-20-14-9-13(10-18-11-14)17(19)16-8-4-6-12-5-2-3-7-15(12)16/h2-3,5,7,9-11,16-17,19H,4,6,8H2,1H3. The summed E-state index contributed by atoms with van der Waals surface area (Å²) in [4.78, 5) is 4.14. The van der Waals surface area contributed by atoms with Crippen molar-refractivity contribution in [3.8, 4) is 5.75 Å². The highest BCUT2D eigenvalue weighted by atomic mass is 16.5. The first-order valence-corrected chi connectivity index (χ1v) is 7.04. The van der Waals surface area contributed by atoms with Crippen molar-refractivity contribution in [1.29, 1.82) is 0 Å². The van der Waals surface area contributed by atoms with Gasteiger partial charge in [0.15, 0.2) is 0 Å². The highest BCUT2D eigenvalue weighted by Crippen LogP contribution is 2.40. The van der Waals surface area contributed by atoms with Crippen LogP contribution in [0.4, 0.5) is 0 Å². The van der Waals surface area contributed by atoms with Gasteiger partial charge >= 0.3 is 0 Å². The quantitative estimate of drug-likeness (QED) is 0.930. The summed E-state index contributed by atoms with van der Waals surface area (Å²) >= 11 is 0. The Morgan fingerprint density at radius 1 is 1.30 bits per heavy atom. The molecule has 0 saturated carbocycles. The SMILES string of the molecule is COc1cncc(C(O)C2CCCc3ccccc32)c1. The lowest BCUT2D eigenvalue weighted by molar-refractivity contribution is 0.135. The van der Waals surface area contributed by atoms with Crippen molar-refractivity contribution in [2.75, 3.05) is 7.11 Å². The molecule has 1 aliphatic carbocycles. The van der Waals surface area contributed by atoms with Crippen molar-refractivity contribution >= 4 is 0 Å². The Kier molecular flexibility index (Phi) is 3.70. The van der Waals surface area contributed by atoms with Crippen LogP contribution in [-0.2, 0) is 6.42 Å². The predicted octanol–water partition coefficient (Wildman–Crippen LogP) is 3.24. The molecule has 3 heteroatoms. The monoisotopic (exact) mass is 269 g/mol. The van der Waals surface area contributed by atoms with Gasteiger partial charge in [-0.05, 0) is 36.5 Å². The van der Waals surface area contributed by atoms with E-state index in [0.717, 1.165) is 24.8 Å². The minimum atomic E-state index is -0.529. The zero-order valence-electron chi connectivity index (χ0n) is 11.6. The summed E-state index contributed by atoms with van der Waals surface area (Å²) in [5, 5.41) is 10.7. The van der Waals surface area contributed by atoms with E-state index in [0.29, 0.717) is 5.75 Å². The maximum absolute atomic E-state index is 10.7. The lowest BCUT2D eigenvalue weighted by Gasteiger charge is -2.29. The Hall–Kier alpha value is -1.87. The van der Waals surface area contributed by atoms with Gasteiger partial charge in [-0.25, -0.2) is 0 Å². The zero-order valence-corrected chi connectivity index (χ0v) is 11.6. The largest absolute Gasteiger partial charge is 0.495 e. The molecule has 1 aromatic heterocycles. The molecule has 104 valence electrons. The van der Waals surface area contributed by atoms with E-state index < -0.39 is 6.10 Å². The molecule has 0 spiro atoms. The van der Waals surface area contributed by atoms with Gasteiger partial charge in [0.2, 0.25) is 0 Å². The number of hydrogen-bond donors (Lipinski definition) is 1. The third-order valence-electron chi connectivity index (χ3n) is 4.11. The fourth-order valence-corrected chi connectivity index (χ4v) is 3.06. The Labute approximate surface area is 119 Å². The van der Waals surface area contributed by atoms with E-state index in [2.05, 4.69) is 23.2 Å². The molecule has 3 nitrogen and oxygen atoms in total. The fourth-order valence-electron chi connectivity index (χ4n) is 3.06. The number of hydrogen-bond acceptors (Lipinski definition) is 3. The maximum Gasteiger partial charge on any atom is 0.137 e. The van der Waals surface area contributed by atoms with Crippen LogP contribution >= 0.6 is 0 Å². The third kappa shape index (κ3) is 2.41. The van der Waals surface area contributed by atoms with Crippen LogP contribution in [0.2, 0.25) is 0 Å². The van der Waals surface area contributed by atoms with Gasteiger partial charge in [0, 0.05) is 17.7 Å². The van der Waals surface area contributed by atoms with E-state index in [1.54, 1.807) is 19.5 Å². The number of methoxy groups -OCH3 is 1. The first-order valence-electron chi connectivity index (χ1n) is 7.04. The van der Waals surface area contributed by atoms with Crippen molar-refractivity contribution in [2.45, 2.75) is 31.3 Å². The van der Waals surface area contributed by atoms with Crippen molar-refractivity contribution < 1.29 is 9.84 Å². The van der Waals surface area contributed by atoms with Gasteiger partial charge in [0.05, 0.1) is 19.4 Å². The first kappa shape index (κ1) is 13.1. The van der Waals surface area contributed by atoms with Crippen LogP contribution in [0, 0.1) is 0 Å². The lowest BCUT2D eigenvalue weighted by Crippen LogP contribution is -2.17. The van der Waals surface area contributed by atoms with Crippen LogP contribution < -0.4 is 4.74 Å². The van der Waals surface area contributed by atoms with Gasteiger partial charge in [-0.15, -0.1) is 0 Å². The number of aromatic nitrogens is 1. The predicted molar refractivity (Wildman–Crippen MR) is 77.9 cm³/mol. The molecule has 0 saturated heterocycles. The summed E-state index contributed by atoms with van der Waals surface area (Å²) in [6.45, 7) is 0.